The summed E-state index contributed by atoms with van der Waals surface area (Å²) in [6, 6.07) is 0. The first-order valence-electron chi connectivity index (χ1n) is 1.82. The molecule has 1 aliphatic carbocycles. The fraction of sp³-hybridized carbons (Fsp3) is 0.600. The van der Waals surface area contributed by atoms with E-state index in [-0.39, 0.29) is 74.4 Å². The van der Waals surface area contributed by atoms with Gasteiger partial charge < -0.3 is 0 Å². The Balaban J connectivity index is -0.00000000521. The largest absolute Gasteiger partial charge is 0.147 e. The quantitative estimate of drug-likeness (QED) is 0.502. The lowest BCUT2D eigenvalue weighted by atomic mass is 10.5. The molecular formula is C10H29Cl3. The van der Waals surface area contributed by atoms with Crippen LogP contribution in [-0.2, 0) is 0 Å². The van der Waals surface area contributed by atoms with Gasteiger partial charge in [-0.25, -0.2) is 0 Å². The van der Waals surface area contributed by atoms with Crippen LogP contribution in [0.2, 0.25) is 0 Å². The maximum Gasteiger partial charge on any atom is -0.0163 e. The minimum absolute atomic E-state index is 0. The van der Waals surface area contributed by atoms with Crippen molar-refractivity contribution in [2.45, 2.75) is 43.6 Å². The van der Waals surface area contributed by atoms with E-state index in [1.54, 1.807) is 0 Å². The molecule has 3 heteroatoms. The minimum atomic E-state index is 0. The first kappa shape index (κ1) is 71.1. The van der Waals surface area contributed by atoms with Crippen LogP contribution in [0.25, 0.3) is 0 Å². The molecule has 0 atom stereocenters. The van der Waals surface area contributed by atoms with Crippen molar-refractivity contribution >= 4 is 37.2 Å². The van der Waals surface area contributed by atoms with Gasteiger partial charge in [-0.05, 0) is 6.42 Å². The number of halogens is 3. The smallest absolute Gasteiger partial charge is 0.0163 e. The van der Waals surface area contributed by atoms with Crippen LogP contribution in [0.1, 0.15) is 43.6 Å². The summed E-state index contributed by atoms with van der Waals surface area (Å²) in [7, 11) is 0. The van der Waals surface area contributed by atoms with E-state index >= 15 is 0 Å². The van der Waals surface area contributed by atoms with E-state index in [1.165, 1.54) is 0 Å². The standard InChI is InChI=1S/C5H6.5CH4.3ClH/c1-2-4-5-3-1;;;;;;;;/h1-4H,5H2;5*1H4;3*1H. The zero-order chi connectivity index (χ0) is 3.54. The van der Waals surface area contributed by atoms with E-state index < -0.39 is 0 Å². The first-order chi connectivity index (χ1) is 2.50. The highest BCUT2D eigenvalue weighted by molar-refractivity contribution is 5.86. The van der Waals surface area contributed by atoms with Crippen LogP contribution < -0.4 is 0 Å². The van der Waals surface area contributed by atoms with Gasteiger partial charge in [0.15, 0.2) is 0 Å². The number of allylic oxidation sites excluding steroid dienone is 4. The molecule has 0 heterocycles. The van der Waals surface area contributed by atoms with E-state index in [0.717, 1.165) is 6.42 Å². The second-order valence-corrected chi connectivity index (χ2v) is 1.09. The molecule has 0 N–H and O–H groups in total. The van der Waals surface area contributed by atoms with Crippen molar-refractivity contribution in [1.82, 2.24) is 0 Å². The highest BCUT2D eigenvalue weighted by Crippen LogP contribution is 1.93. The highest BCUT2D eigenvalue weighted by Gasteiger charge is 1.72. The lowest BCUT2D eigenvalue weighted by Gasteiger charge is -1.57. The van der Waals surface area contributed by atoms with Crippen LogP contribution in [-0.4, -0.2) is 0 Å². The van der Waals surface area contributed by atoms with Crippen molar-refractivity contribution in [2.75, 3.05) is 0 Å². The molecule has 0 unspecified atom stereocenters. The third kappa shape index (κ3) is 46.2. The average molecular weight is 256 g/mol. The van der Waals surface area contributed by atoms with E-state index in [2.05, 4.69) is 24.3 Å². The lowest BCUT2D eigenvalue weighted by Crippen LogP contribution is -1.37. The van der Waals surface area contributed by atoms with Crippen LogP contribution in [0.5, 0.6) is 0 Å². The average Bonchev–Trinajstić information content (AvgIpc) is 1.76. The molecule has 0 fully saturated rings. The van der Waals surface area contributed by atoms with Gasteiger partial charge in [0.2, 0.25) is 0 Å². The van der Waals surface area contributed by atoms with Gasteiger partial charge in [-0.3, -0.25) is 0 Å². The van der Waals surface area contributed by atoms with Crippen molar-refractivity contribution in [1.29, 1.82) is 0 Å². The van der Waals surface area contributed by atoms with Crippen molar-refractivity contribution in [3.63, 3.8) is 0 Å². The molecule has 1 rings (SSSR count). The molecule has 0 bridgehead atoms. The summed E-state index contributed by atoms with van der Waals surface area (Å²) in [5.41, 5.74) is 0. The Morgan fingerprint density at radius 3 is 0.846 bits per heavy atom. The summed E-state index contributed by atoms with van der Waals surface area (Å²) in [5.74, 6) is 0. The summed E-state index contributed by atoms with van der Waals surface area (Å²) in [6.45, 7) is 0. The monoisotopic (exact) mass is 254 g/mol. The zero-order valence-corrected chi connectivity index (χ0v) is 6.69. The van der Waals surface area contributed by atoms with Crippen molar-refractivity contribution in [3.8, 4) is 0 Å². The maximum absolute atomic E-state index is 2.12. The fourth-order valence-corrected chi connectivity index (χ4v) is 0.393. The number of hydrogen-bond acceptors (Lipinski definition) is 0. The second kappa shape index (κ2) is 55.6. The molecule has 0 aliphatic heterocycles. The molecule has 1 aliphatic rings. The molecular weight excluding hydrogens is 226 g/mol. The Labute approximate surface area is 105 Å². The van der Waals surface area contributed by atoms with E-state index in [0.29, 0.717) is 0 Å². The minimum Gasteiger partial charge on any atom is -0.147 e. The van der Waals surface area contributed by atoms with Crippen LogP contribution in [0.3, 0.4) is 0 Å². The summed E-state index contributed by atoms with van der Waals surface area (Å²) >= 11 is 0. The Morgan fingerprint density at radius 2 is 0.769 bits per heavy atom. The highest BCUT2D eigenvalue weighted by atomic mass is 35.5. The molecule has 90 valence electrons. The Bertz CT molecular complexity index is 68.2. The zero-order valence-electron chi connectivity index (χ0n) is 4.24. The Morgan fingerprint density at radius 1 is 0.538 bits per heavy atom. The molecule has 0 nitrogen and oxygen atoms in total. The van der Waals surface area contributed by atoms with Crippen LogP contribution in [0, 0.1) is 0 Å². The third-order valence-corrected chi connectivity index (χ3v) is 0.655. The predicted octanol–water partition coefficient (Wildman–Crippen LogP) is 5.95. The molecule has 0 saturated heterocycles. The second-order valence-electron chi connectivity index (χ2n) is 1.09. The molecule has 0 radical (unpaired) electrons. The third-order valence-electron chi connectivity index (χ3n) is 0.655. The van der Waals surface area contributed by atoms with Gasteiger partial charge in [-0.1, -0.05) is 61.4 Å². The summed E-state index contributed by atoms with van der Waals surface area (Å²) in [5, 5.41) is 0. The SMILES string of the molecule is C.C.C.C.C.C1=CCC=C1.Cl.Cl.Cl. The van der Waals surface area contributed by atoms with E-state index in [9.17, 15) is 0 Å². The number of rotatable bonds is 0. The normalized spacial score (nSPS) is 6.77. The van der Waals surface area contributed by atoms with E-state index in [1.807, 2.05) is 0 Å². The van der Waals surface area contributed by atoms with Gasteiger partial charge in [0.05, 0.1) is 0 Å². The molecule has 13 heavy (non-hydrogen) atoms. The predicted molar refractivity (Wildman–Crippen MR) is 78.3 cm³/mol. The van der Waals surface area contributed by atoms with Gasteiger partial charge in [0.25, 0.3) is 0 Å². The first-order valence-corrected chi connectivity index (χ1v) is 1.82. The van der Waals surface area contributed by atoms with Crippen molar-refractivity contribution in [3.05, 3.63) is 24.3 Å². The van der Waals surface area contributed by atoms with Crippen LogP contribution in [0.15, 0.2) is 24.3 Å². The topological polar surface area (TPSA) is 0 Å². The number of hydrogen-bond donors (Lipinski definition) is 0. The molecule has 0 aromatic rings. The van der Waals surface area contributed by atoms with Crippen molar-refractivity contribution in [2.24, 2.45) is 0 Å². The van der Waals surface area contributed by atoms with Gasteiger partial charge in [-0.2, -0.15) is 0 Å². The Hall–Kier alpha value is 0.350. The van der Waals surface area contributed by atoms with Gasteiger partial charge in [0.1, 0.15) is 0 Å². The summed E-state index contributed by atoms with van der Waals surface area (Å²) in [6.07, 6.45) is 9.50. The van der Waals surface area contributed by atoms with Gasteiger partial charge in [0, 0.05) is 0 Å². The molecule has 0 saturated carbocycles. The van der Waals surface area contributed by atoms with Gasteiger partial charge in [-0.15, -0.1) is 37.2 Å². The van der Waals surface area contributed by atoms with Gasteiger partial charge >= 0.3 is 0 Å². The van der Waals surface area contributed by atoms with Crippen LogP contribution in [0.4, 0.5) is 0 Å². The lowest BCUT2D eigenvalue weighted by molar-refractivity contribution is 1.45. The van der Waals surface area contributed by atoms with Crippen molar-refractivity contribution < 1.29 is 0 Å². The molecule has 0 aromatic carbocycles. The molecule has 0 spiro atoms. The maximum atomic E-state index is 2.12. The van der Waals surface area contributed by atoms with E-state index in [4.69, 9.17) is 0 Å². The summed E-state index contributed by atoms with van der Waals surface area (Å²) < 4.78 is 0. The molecule has 0 amide bonds. The van der Waals surface area contributed by atoms with Crippen LogP contribution >= 0.6 is 37.2 Å². The fourth-order valence-electron chi connectivity index (χ4n) is 0.393. The summed E-state index contributed by atoms with van der Waals surface area (Å²) in [4.78, 5) is 0. The Kier molecular flexibility index (Phi) is 304. The molecule has 0 aromatic heterocycles.